The number of ether oxygens (including phenoxy) is 1. The highest BCUT2D eigenvalue weighted by molar-refractivity contribution is 5.89. The van der Waals surface area contributed by atoms with Crippen molar-refractivity contribution in [2.45, 2.75) is 51.1 Å². The lowest BCUT2D eigenvalue weighted by Gasteiger charge is -2.27. The minimum atomic E-state index is -0.299. The number of para-hydroxylation sites is 1. The number of hydrogen-bond donors (Lipinski definition) is 0. The van der Waals surface area contributed by atoms with Gasteiger partial charge >= 0.3 is 0 Å². The van der Waals surface area contributed by atoms with Crippen molar-refractivity contribution in [3.8, 4) is 5.75 Å². The fourth-order valence-corrected chi connectivity index (χ4v) is 4.62. The van der Waals surface area contributed by atoms with Crippen molar-refractivity contribution in [1.29, 1.82) is 0 Å². The molecule has 158 valence electrons. The van der Waals surface area contributed by atoms with Crippen LogP contribution in [0.3, 0.4) is 0 Å². The third-order valence-electron chi connectivity index (χ3n) is 6.63. The third-order valence-corrected chi connectivity index (χ3v) is 6.63. The van der Waals surface area contributed by atoms with E-state index in [1.165, 1.54) is 6.42 Å². The largest absolute Gasteiger partial charge is 0.496 e. The molecule has 2 aromatic rings. The lowest BCUT2D eigenvalue weighted by atomic mass is 9.85. The molecule has 0 bridgehead atoms. The molecule has 7 heteroatoms. The van der Waals surface area contributed by atoms with E-state index in [1.807, 2.05) is 29.2 Å². The van der Waals surface area contributed by atoms with Gasteiger partial charge in [0.1, 0.15) is 17.2 Å². The molecule has 2 fully saturated rings. The van der Waals surface area contributed by atoms with Gasteiger partial charge in [-0.2, -0.15) is 0 Å². The van der Waals surface area contributed by atoms with Gasteiger partial charge < -0.3 is 19.0 Å². The summed E-state index contributed by atoms with van der Waals surface area (Å²) in [6, 6.07) is 7.69. The number of fused-ring (bicyclic) bond motifs is 1. The van der Waals surface area contributed by atoms with Crippen LogP contribution in [0.2, 0.25) is 0 Å². The van der Waals surface area contributed by atoms with Crippen LogP contribution in [0.1, 0.15) is 54.5 Å². The predicted molar refractivity (Wildman–Crippen MR) is 109 cm³/mol. The SMILES string of the molecule is COc1ccccc1CN1CC(C(=O)N2CCc3oc(C4CCC4)nc3C2)CC1=O. The van der Waals surface area contributed by atoms with Crippen molar-refractivity contribution in [1.82, 2.24) is 14.8 Å². The van der Waals surface area contributed by atoms with Gasteiger partial charge in [0.25, 0.3) is 0 Å². The summed E-state index contributed by atoms with van der Waals surface area (Å²) in [4.78, 5) is 34.0. The van der Waals surface area contributed by atoms with Gasteiger partial charge in [0.05, 0.1) is 19.6 Å². The minimum Gasteiger partial charge on any atom is -0.496 e. The van der Waals surface area contributed by atoms with Gasteiger partial charge in [-0.05, 0) is 18.9 Å². The zero-order chi connectivity index (χ0) is 20.7. The van der Waals surface area contributed by atoms with E-state index in [9.17, 15) is 9.59 Å². The Balaban J connectivity index is 1.23. The van der Waals surface area contributed by atoms with Crippen LogP contribution in [-0.2, 0) is 29.1 Å². The van der Waals surface area contributed by atoms with Gasteiger partial charge in [-0.15, -0.1) is 0 Å². The maximum Gasteiger partial charge on any atom is 0.228 e. The molecule has 30 heavy (non-hydrogen) atoms. The Morgan fingerprint density at radius 3 is 2.90 bits per heavy atom. The van der Waals surface area contributed by atoms with Crippen LogP contribution in [0, 0.1) is 5.92 Å². The summed E-state index contributed by atoms with van der Waals surface area (Å²) in [5, 5.41) is 0. The smallest absolute Gasteiger partial charge is 0.228 e. The Morgan fingerprint density at radius 1 is 1.30 bits per heavy atom. The molecule has 1 saturated carbocycles. The van der Waals surface area contributed by atoms with Crippen LogP contribution in [0.25, 0.3) is 0 Å². The average molecular weight is 409 g/mol. The first-order valence-corrected chi connectivity index (χ1v) is 10.8. The molecule has 1 aromatic carbocycles. The minimum absolute atomic E-state index is 0.0191. The van der Waals surface area contributed by atoms with E-state index < -0.39 is 0 Å². The lowest BCUT2D eigenvalue weighted by Crippen LogP contribution is -2.40. The van der Waals surface area contributed by atoms with Crippen LogP contribution >= 0.6 is 0 Å². The second-order valence-corrected chi connectivity index (χ2v) is 8.55. The van der Waals surface area contributed by atoms with E-state index in [2.05, 4.69) is 4.98 Å². The molecule has 3 heterocycles. The predicted octanol–water partition coefficient (Wildman–Crippen LogP) is 2.88. The molecule has 1 saturated heterocycles. The number of likely N-dealkylation sites (tertiary alicyclic amines) is 1. The van der Waals surface area contributed by atoms with E-state index in [0.29, 0.717) is 38.5 Å². The van der Waals surface area contributed by atoms with Gasteiger partial charge in [0, 0.05) is 44.0 Å². The van der Waals surface area contributed by atoms with Crippen LogP contribution in [0.4, 0.5) is 0 Å². The molecule has 3 aliphatic rings. The average Bonchev–Trinajstić information content (AvgIpc) is 3.29. The molecular weight excluding hydrogens is 382 g/mol. The lowest BCUT2D eigenvalue weighted by molar-refractivity contribution is -0.136. The second-order valence-electron chi connectivity index (χ2n) is 8.55. The van der Waals surface area contributed by atoms with Crippen molar-refractivity contribution >= 4 is 11.8 Å². The summed E-state index contributed by atoms with van der Waals surface area (Å²) in [6.07, 6.45) is 4.50. The Hall–Kier alpha value is -2.83. The summed E-state index contributed by atoms with van der Waals surface area (Å²) in [5.41, 5.74) is 1.85. The highest BCUT2D eigenvalue weighted by Crippen LogP contribution is 2.37. The van der Waals surface area contributed by atoms with E-state index in [-0.39, 0.29) is 24.2 Å². The molecule has 1 aliphatic carbocycles. The number of oxazole rings is 1. The van der Waals surface area contributed by atoms with Crippen molar-refractivity contribution in [3.05, 3.63) is 47.2 Å². The first-order chi connectivity index (χ1) is 14.6. The maximum absolute atomic E-state index is 13.1. The van der Waals surface area contributed by atoms with Crippen LogP contribution in [0.15, 0.2) is 28.7 Å². The standard InChI is InChI=1S/C23H27N3O4/c1-29-19-8-3-2-5-16(19)12-26-13-17(11-21(26)27)23(28)25-10-9-20-18(14-25)24-22(30-20)15-6-4-7-15/h2-3,5,8,15,17H,4,6-7,9-14H2,1H3. The molecule has 0 spiro atoms. The zero-order valence-electron chi connectivity index (χ0n) is 17.3. The number of hydrogen-bond acceptors (Lipinski definition) is 5. The third kappa shape index (κ3) is 3.46. The van der Waals surface area contributed by atoms with E-state index >= 15 is 0 Å². The Bertz CT molecular complexity index is 965. The molecule has 1 atom stereocenters. The number of benzene rings is 1. The summed E-state index contributed by atoms with van der Waals surface area (Å²) in [7, 11) is 1.63. The highest BCUT2D eigenvalue weighted by atomic mass is 16.5. The van der Waals surface area contributed by atoms with Gasteiger partial charge in [-0.25, -0.2) is 4.98 Å². The molecule has 1 aromatic heterocycles. The van der Waals surface area contributed by atoms with Crippen LogP contribution < -0.4 is 4.74 Å². The second kappa shape index (κ2) is 7.78. The number of carbonyl (C=O) groups excluding carboxylic acids is 2. The van der Waals surface area contributed by atoms with Gasteiger partial charge in [0.2, 0.25) is 11.8 Å². The number of rotatable bonds is 5. The van der Waals surface area contributed by atoms with E-state index in [4.69, 9.17) is 9.15 Å². The number of amides is 2. The number of carbonyl (C=O) groups is 2. The summed E-state index contributed by atoms with van der Waals surface area (Å²) < 4.78 is 11.4. The van der Waals surface area contributed by atoms with Crippen molar-refractivity contribution in [2.75, 3.05) is 20.2 Å². The zero-order valence-corrected chi connectivity index (χ0v) is 17.3. The molecule has 2 aliphatic heterocycles. The Labute approximate surface area is 176 Å². The molecule has 0 radical (unpaired) electrons. The molecule has 2 amide bonds. The van der Waals surface area contributed by atoms with E-state index in [1.54, 1.807) is 12.0 Å². The van der Waals surface area contributed by atoms with Gasteiger partial charge in [-0.1, -0.05) is 24.6 Å². The molecule has 0 N–H and O–H groups in total. The summed E-state index contributed by atoms with van der Waals surface area (Å²) >= 11 is 0. The first-order valence-electron chi connectivity index (χ1n) is 10.8. The number of methoxy groups -OCH3 is 1. The fraction of sp³-hybridized carbons (Fsp3) is 0.522. The Morgan fingerprint density at radius 2 is 2.13 bits per heavy atom. The monoisotopic (exact) mass is 409 g/mol. The van der Waals surface area contributed by atoms with Crippen molar-refractivity contribution in [2.24, 2.45) is 5.92 Å². The van der Waals surface area contributed by atoms with Crippen LogP contribution in [0.5, 0.6) is 5.75 Å². The first kappa shape index (κ1) is 19.2. The topological polar surface area (TPSA) is 75.9 Å². The quantitative estimate of drug-likeness (QED) is 0.759. The number of aromatic nitrogens is 1. The van der Waals surface area contributed by atoms with Crippen molar-refractivity contribution in [3.63, 3.8) is 0 Å². The normalized spacial score (nSPS) is 21.5. The molecule has 7 nitrogen and oxygen atoms in total. The van der Waals surface area contributed by atoms with Gasteiger partial charge in [0.15, 0.2) is 5.89 Å². The number of nitrogens with zero attached hydrogens (tertiary/aromatic N) is 3. The Kier molecular flexibility index (Phi) is 4.97. The van der Waals surface area contributed by atoms with E-state index in [0.717, 1.165) is 41.5 Å². The summed E-state index contributed by atoms with van der Waals surface area (Å²) in [5.74, 6) is 2.76. The summed E-state index contributed by atoms with van der Waals surface area (Å²) in [6.45, 7) is 2.03. The van der Waals surface area contributed by atoms with Crippen LogP contribution in [-0.4, -0.2) is 46.8 Å². The maximum atomic E-state index is 13.1. The van der Waals surface area contributed by atoms with Crippen molar-refractivity contribution < 1.29 is 18.7 Å². The molecule has 5 rings (SSSR count). The fourth-order valence-electron chi connectivity index (χ4n) is 4.62. The molecular formula is C23H27N3O4. The molecule has 1 unspecified atom stereocenters. The highest BCUT2D eigenvalue weighted by Gasteiger charge is 2.38. The van der Waals surface area contributed by atoms with Gasteiger partial charge in [-0.3, -0.25) is 9.59 Å².